The van der Waals surface area contributed by atoms with Crippen LogP contribution in [0.2, 0.25) is 0 Å². The summed E-state index contributed by atoms with van der Waals surface area (Å²) in [7, 11) is -4.10. The van der Waals surface area contributed by atoms with Crippen molar-refractivity contribution in [3.63, 3.8) is 0 Å². The summed E-state index contributed by atoms with van der Waals surface area (Å²) >= 11 is 0. The SMILES string of the molecule is CC(OC(=O)c1cc(S(N)(=O)=O)ccc1F)c1nnc(-c2ccccc2)o1. The predicted molar refractivity (Wildman–Crippen MR) is 91.3 cm³/mol. The number of hydrogen-bond donors (Lipinski definition) is 1. The number of nitrogens with zero attached hydrogens (tertiary/aromatic N) is 2. The van der Waals surface area contributed by atoms with Gasteiger partial charge in [-0.05, 0) is 37.3 Å². The van der Waals surface area contributed by atoms with Crippen molar-refractivity contribution >= 4 is 16.0 Å². The second-order valence-corrected chi connectivity index (χ2v) is 7.11. The van der Waals surface area contributed by atoms with Crippen LogP contribution in [0.15, 0.2) is 57.8 Å². The molecule has 3 aromatic rings. The van der Waals surface area contributed by atoms with E-state index in [9.17, 15) is 17.6 Å². The van der Waals surface area contributed by atoms with Gasteiger partial charge < -0.3 is 9.15 Å². The van der Waals surface area contributed by atoms with Gasteiger partial charge >= 0.3 is 5.97 Å². The van der Waals surface area contributed by atoms with Gasteiger partial charge in [0.2, 0.25) is 15.9 Å². The Morgan fingerprint density at radius 1 is 1.19 bits per heavy atom. The first-order valence-electron chi connectivity index (χ1n) is 7.68. The maximum absolute atomic E-state index is 13.9. The molecule has 27 heavy (non-hydrogen) atoms. The Kier molecular flexibility index (Phi) is 5.02. The van der Waals surface area contributed by atoms with Crippen molar-refractivity contribution in [3.8, 4) is 11.5 Å². The topological polar surface area (TPSA) is 125 Å². The maximum atomic E-state index is 13.9. The van der Waals surface area contributed by atoms with Gasteiger partial charge in [0.05, 0.1) is 10.5 Å². The van der Waals surface area contributed by atoms with E-state index >= 15 is 0 Å². The first-order chi connectivity index (χ1) is 12.8. The zero-order chi connectivity index (χ0) is 19.6. The van der Waals surface area contributed by atoms with E-state index in [4.69, 9.17) is 14.3 Å². The van der Waals surface area contributed by atoms with Crippen LogP contribution >= 0.6 is 0 Å². The average molecular weight is 391 g/mol. The minimum absolute atomic E-state index is 0.00483. The fraction of sp³-hybridized carbons (Fsp3) is 0.118. The van der Waals surface area contributed by atoms with E-state index in [1.807, 2.05) is 6.07 Å². The Morgan fingerprint density at radius 2 is 1.89 bits per heavy atom. The molecule has 0 saturated carbocycles. The number of halogens is 1. The van der Waals surface area contributed by atoms with Crippen LogP contribution in [0.1, 0.15) is 29.3 Å². The first-order valence-corrected chi connectivity index (χ1v) is 9.22. The standard InChI is InChI=1S/C17H14FN3O5S/c1-10(15-20-21-16(26-15)11-5-3-2-4-6-11)25-17(22)13-9-12(27(19,23)24)7-8-14(13)18/h2-10H,1H3,(H2,19,23,24). The molecule has 2 aromatic carbocycles. The monoisotopic (exact) mass is 391 g/mol. The molecule has 0 radical (unpaired) electrons. The van der Waals surface area contributed by atoms with Gasteiger partial charge in [-0.2, -0.15) is 0 Å². The van der Waals surface area contributed by atoms with Gasteiger partial charge in [0.25, 0.3) is 5.89 Å². The highest BCUT2D eigenvalue weighted by atomic mass is 32.2. The summed E-state index contributed by atoms with van der Waals surface area (Å²) in [6, 6.07) is 11.5. The molecule has 0 aliphatic heterocycles. The van der Waals surface area contributed by atoms with Crippen molar-refractivity contribution in [1.29, 1.82) is 0 Å². The molecule has 1 heterocycles. The molecular formula is C17H14FN3O5S. The lowest BCUT2D eigenvalue weighted by molar-refractivity contribution is 0.0274. The van der Waals surface area contributed by atoms with Crippen molar-refractivity contribution in [2.24, 2.45) is 5.14 Å². The third kappa shape index (κ3) is 4.18. The molecule has 0 saturated heterocycles. The molecule has 0 spiro atoms. The molecule has 1 aromatic heterocycles. The van der Waals surface area contributed by atoms with Gasteiger partial charge in [0.15, 0.2) is 6.10 Å². The van der Waals surface area contributed by atoms with E-state index in [0.717, 1.165) is 18.2 Å². The molecule has 1 atom stereocenters. The lowest BCUT2D eigenvalue weighted by Gasteiger charge is -2.10. The summed E-state index contributed by atoms with van der Waals surface area (Å²) in [4.78, 5) is 11.8. The highest BCUT2D eigenvalue weighted by molar-refractivity contribution is 7.89. The molecule has 1 unspecified atom stereocenters. The van der Waals surface area contributed by atoms with Gasteiger partial charge in [-0.1, -0.05) is 18.2 Å². The Balaban J connectivity index is 1.80. The van der Waals surface area contributed by atoms with Crippen molar-refractivity contribution in [1.82, 2.24) is 10.2 Å². The molecule has 0 aliphatic rings. The number of sulfonamides is 1. The number of aromatic nitrogens is 2. The summed E-state index contributed by atoms with van der Waals surface area (Å²) < 4.78 is 47.2. The van der Waals surface area contributed by atoms with Crippen LogP contribution in [-0.2, 0) is 14.8 Å². The van der Waals surface area contributed by atoms with Crippen molar-refractivity contribution < 1.29 is 26.8 Å². The van der Waals surface area contributed by atoms with Gasteiger partial charge in [-0.25, -0.2) is 22.7 Å². The van der Waals surface area contributed by atoms with E-state index in [-0.39, 0.29) is 11.8 Å². The first kappa shape index (κ1) is 18.7. The number of benzene rings is 2. The van der Waals surface area contributed by atoms with Gasteiger partial charge in [-0.3, -0.25) is 0 Å². The summed E-state index contributed by atoms with van der Waals surface area (Å²) in [5.41, 5.74) is 0.109. The van der Waals surface area contributed by atoms with Crippen LogP contribution in [0.5, 0.6) is 0 Å². The second-order valence-electron chi connectivity index (χ2n) is 5.55. The normalized spacial score (nSPS) is 12.6. The zero-order valence-corrected chi connectivity index (χ0v) is 14.8. The third-order valence-electron chi connectivity index (χ3n) is 3.58. The zero-order valence-electron chi connectivity index (χ0n) is 14.0. The molecule has 0 bridgehead atoms. The van der Waals surface area contributed by atoms with Crippen LogP contribution in [0.4, 0.5) is 4.39 Å². The fourth-order valence-corrected chi connectivity index (χ4v) is 2.75. The molecular weight excluding hydrogens is 377 g/mol. The number of ether oxygens (including phenoxy) is 1. The van der Waals surface area contributed by atoms with E-state index in [1.165, 1.54) is 6.92 Å². The predicted octanol–water partition coefficient (Wildman–Crippen LogP) is 2.44. The lowest BCUT2D eigenvalue weighted by atomic mass is 10.2. The molecule has 2 N–H and O–H groups in total. The van der Waals surface area contributed by atoms with Gasteiger partial charge in [0, 0.05) is 5.56 Å². The molecule has 0 aliphatic carbocycles. The van der Waals surface area contributed by atoms with Crippen LogP contribution in [-0.4, -0.2) is 24.6 Å². The second kappa shape index (κ2) is 7.25. The molecule has 3 rings (SSSR count). The Morgan fingerprint density at radius 3 is 2.56 bits per heavy atom. The number of primary sulfonamides is 1. The fourth-order valence-electron chi connectivity index (χ4n) is 2.21. The number of hydrogen-bond acceptors (Lipinski definition) is 7. The largest absolute Gasteiger partial charge is 0.449 e. The minimum atomic E-state index is -4.10. The Labute approximate surface area is 153 Å². The summed E-state index contributed by atoms with van der Waals surface area (Å²) in [6.45, 7) is 1.46. The highest BCUT2D eigenvalue weighted by Crippen LogP contribution is 2.24. The maximum Gasteiger partial charge on any atom is 0.341 e. The van der Waals surface area contributed by atoms with E-state index in [0.29, 0.717) is 5.56 Å². The Bertz CT molecular complexity index is 1080. The number of nitrogens with two attached hydrogens (primary N) is 1. The molecule has 8 nitrogen and oxygen atoms in total. The lowest BCUT2D eigenvalue weighted by Crippen LogP contribution is -2.15. The number of esters is 1. The quantitative estimate of drug-likeness (QED) is 0.662. The van der Waals surface area contributed by atoms with Crippen LogP contribution in [0, 0.1) is 5.82 Å². The number of rotatable bonds is 5. The van der Waals surface area contributed by atoms with E-state index < -0.39 is 38.4 Å². The van der Waals surface area contributed by atoms with Crippen LogP contribution in [0.25, 0.3) is 11.5 Å². The average Bonchev–Trinajstić information content (AvgIpc) is 3.12. The van der Waals surface area contributed by atoms with E-state index in [1.54, 1.807) is 24.3 Å². The third-order valence-corrected chi connectivity index (χ3v) is 4.49. The van der Waals surface area contributed by atoms with Gasteiger partial charge in [0.1, 0.15) is 5.82 Å². The number of carbonyl (C=O) groups is 1. The minimum Gasteiger partial charge on any atom is -0.449 e. The Hall–Kier alpha value is -3.11. The van der Waals surface area contributed by atoms with E-state index in [2.05, 4.69) is 10.2 Å². The van der Waals surface area contributed by atoms with Crippen LogP contribution < -0.4 is 5.14 Å². The number of carbonyl (C=O) groups excluding carboxylic acids is 1. The van der Waals surface area contributed by atoms with Crippen molar-refractivity contribution in [2.75, 3.05) is 0 Å². The highest BCUT2D eigenvalue weighted by Gasteiger charge is 2.23. The molecule has 140 valence electrons. The van der Waals surface area contributed by atoms with Crippen LogP contribution in [0.3, 0.4) is 0 Å². The van der Waals surface area contributed by atoms with Crippen molar-refractivity contribution in [3.05, 3.63) is 65.8 Å². The molecule has 10 heteroatoms. The molecule has 0 fully saturated rings. The van der Waals surface area contributed by atoms with Crippen molar-refractivity contribution in [2.45, 2.75) is 17.9 Å². The smallest absolute Gasteiger partial charge is 0.341 e. The summed E-state index contributed by atoms with van der Waals surface area (Å²) in [6.07, 6.45) is -0.986. The molecule has 0 amide bonds. The van der Waals surface area contributed by atoms with Gasteiger partial charge in [-0.15, -0.1) is 10.2 Å². The summed E-state index contributed by atoms with van der Waals surface area (Å²) in [5, 5.41) is 12.7. The summed E-state index contributed by atoms with van der Waals surface area (Å²) in [5.74, 6) is -1.80.